The summed E-state index contributed by atoms with van der Waals surface area (Å²) in [5, 5.41) is 0. The van der Waals surface area contributed by atoms with Gasteiger partial charge in [-0.3, -0.25) is 14.7 Å². The van der Waals surface area contributed by atoms with Crippen molar-refractivity contribution in [2.45, 2.75) is 19.4 Å². The van der Waals surface area contributed by atoms with Crippen LogP contribution in [0.4, 0.5) is 4.39 Å². The Labute approximate surface area is 113 Å². The summed E-state index contributed by atoms with van der Waals surface area (Å²) in [6.07, 6.45) is 1.53. The topological polar surface area (TPSA) is 36.4 Å². The van der Waals surface area contributed by atoms with Gasteiger partial charge in [0.05, 0.1) is 6.20 Å². The van der Waals surface area contributed by atoms with Crippen molar-refractivity contribution >= 4 is 5.78 Å². The smallest absolute Gasteiger partial charge is 0.182 e. The SMILES string of the molecule is CC1CN(C)CCN1CCC(=O)c1ccc(F)cn1. The van der Waals surface area contributed by atoms with Gasteiger partial charge in [0.1, 0.15) is 11.5 Å². The molecule has 0 saturated carbocycles. The van der Waals surface area contributed by atoms with Crippen LogP contribution in [0, 0.1) is 5.82 Å². The molecule has 1 aromatic heterocycles. The number of rotatable bonds is 4. The van der Waals surface area contributed by atoms with Crippen molar-refractivity contribution in [3.63, 3.8) is 0 Å². The van der Waals surface area contributed by atoms with E-state index in [1.165, 1.54) is 12.1 Å². The molecule has 1 aliphatic rings. The van der Waals surface area contributed by atoms with Gasteiger partial charge in [-0.25, -0.2) is 4.39 Å². The second kappa shape index (κ2) is 6.21. The molecule has 0 spiro atoms. The molecule has 1 saturated heterocycles. The second-order valence-corrected chi connectivity index (χ2v) is 5.18. The summed E-state index contributed by atoms with van der Waals surface area (Å²) in [7, 11) is 2.11. The fourth-order valence-corrected chi connectivity index (χ4v) is 2.42. The van der Waals surface area contributed by atoms with Gasteiger partial charge >= 0.3 is 0 Å². The Morgan fingerprint density at radius 1 is 1.47 bits per heavy atom. The van der Waals surface area contributed by atoms with E-state index >= 15 is 0 Å². The molecule has 0 amide bonds. The lowest BCUT2D eigenvalue weighted by Gasteiger charge is -2.38. The predicted octanol–water partition coefficient (Wildman–Crippen LogP) is 1.43. The fraction of sp³-hybridized carbons (Fsp3) is 0.571. The highest BCUT2D eigenvalue weighted by Gasteiger charge is 2.21. The minimum absolute atomic E-state index is 0.0221. The van der Waals surface area contributed by atoms with Crippen LogP contribution in [0.1, 0.15) is 23.8 Å². The van der Waals surface area contributed by atoms with Gasteiger partial charge in [0.15, 0.2) is 5.78 Å². The first kappa shape index (κ1) is 14.1. The molecular formula is C14H20FN3O. The van der Waals surface area contributed by atoms with Crippen LogP contribution < -0.4 is 0 Å². The summed E-state index contributed by atoms with van der Waals surface area (Å²) in [4.78, 5) is 20.4. The van der Waals surface area contributed by atoms with Gasteiger partial charge in [0, 0.05) is 38.6 Å². The molecule has 0 aliphatic carbocycles. The Morgan fingerprint density at radius 3 is 2.89 bits per heavy atom. The molecule has 2 heterocycles. The molecule has 5 heteroatoms. The van der Waals surface area contributed by atoms with Crippen molar-refractivity contribution in [2.75, 3.05) is 33.2 Å². The third-order valence-corrected chi connectivity index (χ3v) is 3.61. The van der Waals surface area contributed by atoms with E-state index in [1.54, 1.807) is 0 Å². The van der Waals surface area contributed by atoms with Crippen LogP contribution in [0.2, 0.25) is 0 Å². The van der Waals surface area contributed by atoms with E-state index in [1.807, 2.05) is 0 Å². The van der Waals surface area contributed by atoms with E-state index in [0.29, 0.717) is 18.2 Å². The van der Waals surface area contributed by atoms with Crippen molar-refractivity contribution in [3.8, 4) is 0 Å². The molecule has 1 aromatic rings. The zero-order valence-corrected chi connectivity index (χ0v) is 11.5. The van der Waals surface area contributed by atoms with Crippen LogP contribution in [0.25, 0.3) is 0 Å². The number of Topliss-reactive ketones (excluding diaryl/α,β-unsaturated/α-hetero) is 1. The molecule has 0 bridgehead atoms. The summed E-state index contributed by atoms with van der Waals surface area (Å²) in [6.45, 7) is 5.97. The lowest BCUT2D eigenvalue weighted by molar-refractivity contribution is 0.0840. The zero-order valence-electron chi connectivity index (χ0n) is 11.5. The number of hydrogen-bond acceptors (Lipinski definition) is 4. The molecule has 104 valence electrons. The first-order valence-corrected chi connectivity index (χ1v) is 6.63. The van der Waals surface area contributed by atoms with E-state index in [9.17, 15) is 9.18 Å². The monoisotopic (exact) mass is 265 g/mol. The van der Waals surface area contributed by atoms with E-state index in [0.717, 1.165) is 32.4 Å². The Balaban J connectivity index is 1.85. The maximum Gasteiger partial charge on any atom is 0.182 e. The summed E-state index contributed by atoms with van der Waals surface area (Å²) in [5.74, 6) is -0.435. The summed E-state index contributed by atoms with van der Waals surface area (Å²) in [6, 6.07) is 3.19. The molecule has 19 heavy (non-hydrogen) atoms. The van der Waals surface area contributed by atoms with Gasteiger partial charge in [-0.15, -0.1) is 0 Å². The maximum atomic E-state index is 12.7. The molecule has 1 unspecified atom stereocenters. The van der Waals surface area contributed by atoms with Gasteiger partial charge in [-0.05, 0) is 26.1 Å². The van der Waals surface area contributed by atoms with Crippen LogP contribution in [-0.4, -0.2) is 59.8 Å². The van der Waals surface area contributed by atoms with Gasteiger partial charge in [0.2, 0.25) is 0 Å². The van der Waals surface area contributed by atoms with Crippen LogP contribution >= 0.6 is 0 Å². The van der Waals surface area contributed by atoms with E-state index in [-0.39, 0.29) is 5.78 Å². The zero-order chi connectivity index (χ0) is 13.8. The van der Waals surface area contributed by atoms with Crippen molar-refractivity contribution in [2.24, 2.45) is 0 Å². The number of carbonyl (C=O) groups excluding carboxylic acids is 1. The molecule has 1 aliphatic heterocycles. The highest BCUT2D eigenvalue weighted by Crippen LogP contribution is 2.10. The number of carbonyl (C=O) groups is 1. The van der Waals surface area contributed by atoms with Gasteiger partial charge in [-0.1, -0.05) is 0 Å². The number of likely N-dealkylation sites (N-methyl/N-ethyl adjacent to an activating group) is 1. The van der Waals surface area contributed by atoms with E-state index in [4.69, 9.17) is 0 Å². The van der Waals surface area contributed by atoms with Crippen molar-refractivity contribution in [3.05, 3.63) is 29.8 Å². The van der Waals surface area contributed by atoms with Crippen molar-refractivity contribution in [1.29, 1.82) is 0 Å². The number of pyridine rings is 1. The molecule has 1 atom stereocenters. The predicted molar refractivity (Wildman–Crippen MR) is 71.7 cm³/mol. The highest BCUT2D eigenvalue weighted by molar-refractivity contribution is 5.94. The minimum Gasteiger partial charge on any atom is -0.304 e. The molecule has 0 aromatic carbocycles. The van der Waals surface area contributed by atoms with Crippen molar-refractivity contribution < 1.29 is 9.18 Å². The number of nitrogens with zero attached hydrogens (tertiary/aromatic N) is 3. The van der Waals surface area contributed by atoms with Crippen LogP contribution in [0.3, 0.4) is 0 Å². The lowest BCUT2D eigenvalue weighted by atomic mass is 10.1. The number of halogens is 1. The minimum atomic E-state index is -0.413. The normalized spacial score (nSPS) is 21.5. The number of hydrogen-bond donors (Lipinski definition) is 0. The standard InChI is InChI=1S/C14H20FN3O/c1-11-10-17(2)7-8-18(11)6-5-14(19)13-4-3-12(15)9-16-13/h3-4,9,11H,5-8,10H2,1-2H3. The Kier molecular flexibility index (Phi) is 4.61. The first-order valence-electron chi connectivity index (χ1n) is 6.63. The van der Waals surface area contributed by atoms with Crippen LogP contribution in [-0.2, 0) is 0 Å². The maximum absolute atomic E-state index is 12.7. The summed E-state index contributed by atoms with van der Waals surface area (Å²) >= 11 is 0. The summed E-state index contributed by atoms with van der Waals surface area (Å²) in [5.41, 5.74) is 0.350. The van der Waals surface area contributed by atoms with E-state index in [2.05, 4.69) is 28.8 Å². The number of aromatic nitrogens is 1. The van der Waals surface area contributed by atoms with Crippen molar-refractivity contribution in [1.82, 2.24) is 14.8 Å². The molecule has 0 radical (unpaired) electrons. The fourth-order valence-electron chi connectivity index (χ4n) is 2.42. The third-order valence-electron chi connectivity index (χ3n) is 3.61. The molecule has 4 nitrogen and oxygen atoms in total. The number of ketones is 1. The Morgan fingerprint density at radius 2 is 2.26 bits per heavy atom. The average molecular weight is 265 g/mol. The number of piperazine rings is 1. The molecule has 2 rings (SSSR count). The molecule has 1 fully saturated rings. The second-order valence-electron chi connectivity index (χ2n) is 5.18. The molecule has 0 N–H and O–H groups in total. The third kappa shape index (κ3) is 3.81. The average Bonchev–Trinajstić information content (AvgIpc) is 2.38. The largest absolute Gasteiger partial charge is 0.304 e. The van der Waals surface area contributed by atoms with Gasteiger partial charge < -0.3 is 4.90 Å². The Bertz CT molecular complexity index is 435. The lowest BCUT2D eigenvalue weighted by Crippen LogP contribution is -2.50. The van der Waals surface area contributed by atoms with Gasteiger partial charge in [0.25, 0.3) is 0 Å². The van der Waals surface area contributed by atoms with Crippen LogP contribution in [0.15, 0.2) is 18.3 Å². The van der Waals surface area contributed by atoms with E-state index < -0.39 is 5.82 Å². The highest BCUT2D eigenvalue weighted by atomic mass is 19.1. The van der Waals surface area contributed by atoms with Gasteiger partial charge in [-0.2, -0.15) is 0 Å². The van der Waals surface area contributed by atoms with Crippen LogP contribution in [0.5, 0.6) is 0 Å². The Hall–Kier alpha value is -1.33. The summed E-state index contributed by atoms with van der Waals surface area (Å²) < 4.78 is 12.7. The first-order chi connectivity index (χ1) is 9.06. The quantitative estimate of drug-likeness (QED) is 0.772. The molecular weight excluding hydrogens is 245 g/mol.